The van der Waals surface area contributed by atoms with Gasteiger partial charge in [-0.1, -0.05) is 294 Å². The van der Waals surface area contributed by atoms with Crippen molar-refractivity contribution in [3.8, 4) is 0 Å². The first-order valence-electron chi connectivity index (χ1n) is 3.93. The van der Waals surface area contributed by atoms with E-state index in [9.17, 15) is 5.11 Å². The van der Waals surface area contributed by atoms with Crippen LogP contribution in [-0.4, -0.2) is 11.9 Å². The van der Waals surface area contributed by atoms with Gasteiger partial charge < -0.3 is 5.11 Å². The Bertz CT molecular complexity index is 343. The van der Waals surface area contributed by atoms with Crippen LogP contribution in [0.5, 0.6) is 0 Å². The van der Waals surface area contributed by atoms with Crippen molar-refractivity contribution in [1.29, 1.82) is 0 Å². The largest absolute Gasteiger partial charge is 0.381 e. The van der Waals surface area contributed by atoms with Crippen LogP contribution < -0.4 is 0 Å². The molecule has 0 aromatic heterocycles. The van der Waals surface area contributed by atoms with Gasteiger partial charge in [-0.05, 0) is 0 Å². The summed E-state index contributed by atoms with van der Waals surface area (Å²) in [4.78, 5) is 0. The van der Waals surface area contributed by atoms with E-state index in [0.717, 1.165) is 0 Å². The fourth-order valence-electron chi connectivity index (χ4n) is 0.922. The quantitative estimate of drug-likeness (QED) is 0.215. The lowest BCUT2D eigenvalue weighted by Gasteiger charge is -2.55. The van der Waals surface area contributed by atoms with Crippen LogP contribution in [0.2, 0.25) is 0 Å². The van der Waals surface area contributed by atoms with Gasteiger partial charge in [0.05, 0.1) is 0 Å². The predicted molar refractivity (Wildman–Crippen MR) is 201 cm³/mol. The van der Waals surface area contributed by atoms with Gasteiger partial charge in [0.25, 0.3) is 0 Å². The van der Waals surface area contributed by atoms with Crippen LogP contribution in [-0.2, 0) is 0 Å². The highest BCUT2D eigenvalue weighted by atomic mass is 127. The molecule has 0 fully saturated rings. The Morgan fingerprint density at radius 2 is 0.650 bits per heavy atom. The normalized spacial score (nSPS) is 16.5. The van der Waals surface area contributed by atoms with Crippen molar-refractivity contribution in [3.63, 3.8) is 0 Å². The molecular formula is C6HI13O. The molecule has 0 bridgehead atoms. The molecule has 0 aliphatic rings. The second-order valence-corrected chi connectivity index (χ2v) is 47.1. The SMILES string of the molecule is OC(C(I)(I)I)(C(I)(I)I)C(I)(I)C(I)(I)C(I)(I)I. The standard InChI is InChI=1S/C6HI13O/c7-2(8,3(9,10)6(17,18)19)1(20,4(11,12)13)5(14,15)16/h20H. The molecule has 0 heterocycles. The molecule has 0 saturated carbocycles. The summed E-state index contributed by atoms with van der Waals surface area (Å²) in [5.74, 6) is 0. The number of hydrogen-bond acceptors (Lipinski definition) is 1. The molecule has 20 heavy (non-hydrogen) atoms. The van der Waals surface area contributed by atoms with Crippen molar-refractivity contribution in [2.75, 3.05) is 0 Å². The lowest BCUT2D eigenvalue weighted by Crippen LogP contribution is -2.69. The summed E-state index contributed by atoms with van der Waals surface area (Å²) in [5.41, 5.74) is -0.924. The average molecular weight is 1740 g/mol. The molecule has 1 N–H and O–H groups in total. The maximum atomic E-state index is 11.8. The van der Waals surface area contributed by atoms with Crippen LogP contribution in [0.4, 0.5) is 0 Å². The lowest BCUT2D eigenvalue weighted by atomic mass is 10.0. The van der Waals surface area contributed by atoms with E-state index >= 15 is 0 Å². The van der Waals surface area contributed by atoms with Crippen LogP contribution in [0, 0.1) is 0 Å². The van der Waals surface area contributed by atoms with Crippen LogP contribution in [0.25, 0.3) is 0 Å². The van der Waals surface area contributed by atoms with Gasteiger partial charge in [0.15, 0.2) is 4.47 Å². The second-order valence-electron chi connectivity index (χ2n) is 3.35. The van der Waals surface area contributed by atoms with Crippen LogP contribution in [0.3, 0.4) is 0 Å². The Balaban J connectivity index is 6.38. The minimum Gasteiger partial charge on any atom is -0.381 e. The van der Waals surface area contributed by atoms with Gasteiger partial charge in [-0.3, -0.25) is 0 Å². The average Bonchev–Trinajstić information content (AvgIpc) is 2.10. The summed E-state index contributed by atoms with van der Waals surface area (Å²) >= 11 is 31.5. The zero-order valence-electron chi connectivity index (χ0n) is 8.36. The maximum Gasteiger partial charge on any atom is 0.157 e. The van der Waals surface area contributed by atoms with Gasteiger partial charge in [-0.25, -0.2) is 0 Å². The van der Waals surface area contributed by atoms with Gasteiger partial charge in [0.1, 0.15) is 2.29 Å². The summed E-state index contributed by atoms with van der Waals surface area (Å²) in [6.07, 6.45) is 0. The van der Waals surface area contributed by atoms with E-state index < -0.39 is 7.03 Å². The molecule has 0 aliphatic carbocycles. The monoisotopic (exact) mass is 1740 g/mol. The van der Waals surface area contributed by atoms with Crippen molar-refractivity contribution in [2.45, 2.75) is 6.76 Å². The van der Waals surface area contributed by atoms with Crippen molar-refractivity contribution in [3.05, 3.63) is 0 Å². The van der Waals surface area contributed by atoms with Gasteiger partial charge in [0.2, 0.25) is 0 Å². The Morgan fingerprint density at radius 1 is 0.400 bits per heavy atom. The van der Waals surface area contributed by atoms with Crippen molar-refractivity contribution >= 4 is 294 Å². The molecule has 122 valence electrons. The third kappa shape index (κ3) is 6.48. The maximum absolute atomic E-state index is 11.8. The zero-order valence-corrected chi connectivity index (χ0v) is 36.4. The molecule has 0 amide bonds. The summed E-state index contributed by atoms with van der Waals surface area (Å²) in [7, 11) is 0. The molecule has 0 radical (unpaired) electrons. The molecule has 0 atom stereocenters. The van der Waals surface area contributed by atoms with Gasteiger partial charge >= 0.3 is 0 Å². The smallest absolute Gasteiger partial charge is 0.157 e. The van der Waals surface area contributed by atoms with Crippen LogP contribution in [0.15, 0.2) is 0 Å². The number of hydrogen-bond donors (Lipinski definition) is 1. The summed E-state index contributed by atoms with van der Waals surface area (Å²) in [6, 6.07) is 0. The summed E-state index contributed by atoms with van der Waals surface area (Å²) in [5, 5.41) is 11.8. The first-order valence-corrected chi connectivity index (χ1v) is 18.0. The fraction of sp³-hybridized carbons (Fsp3) is 1.00. The number of alkyl halides is 13. The molecular weight excluding hydrogens is 1740 g/mol. The summed E-state index contributed by atoms with van der Waals surface area (Å²) < 4.78 is -1.30. The minimum absolute atomic E-state index is 0.0396. The summed E-state index contributed by atoms with van der Waals surface area (Å²) in [6.45, 7) is 0. The first kappa shape index (κ1) is 29.5. The first-order chi connectivity index (χ1) is 8.25. The number of rotatable bonds is 5. The Morgan fingerprint density at radius 3 is 0.800 bits per heavy atom. The van der Waals surface area contributed by atoms with E-state index in [1.54, 1.807) is 0 Å². The molecule has 14 heteroatoms. The van der Waals surface area contributed by atoms with Crippen LogP contribution in [0.1, 0.15) is 0 Å². The van der Waals surface area contributed by atoms with Crippen molar-refractivity contribution in [2.24, 2.45) is 0 Å². The topological polar surface area (TPSA) is 20.2 Å². The molecule has 0 aromatic carbocycles. The molecule has 0 spiro atoms. The van der Waals surface area contributed by atoms with E-state index in [4.69, 9.17) is 0 Å². The molecule has 0 rings (SSSR count). The second kappa shape index (κ2) is 10.4. The number of aliphatic hydroxyl groups is 1. The van der Waals surface area contributed by atoms with Crippen LogP contribution >= 0.6 is 294 Å². The molecule has 0 saturated heterocycles. The zero-order chi connectivity index (χ0) is 17.0. The third-order valence-electron chi connectivity index (χ3n) is 2.03. The highest BCUT2D eigenvalue weighted by molar-refractivity contribution is 14.3. The Labute approximate surface area is 296 Å². The third-order valence-corrected chi connectivity index (χ3v) is 25.9. The molecule has 0 unspecified atom stereocenters. The van der Waals surface area contributed by atoms with Gasteiger partial charge in [-0.2, -0.15) is 0 Å². The predicted octanol–water partition coefficient (Wildman–Crippen LogP) is 9.73. The molecule has 1 nitrogen and oxygen atoms in total. The molecule has 0 aliphatic heterocycles. The Kier molecular flexibility index (Phi) is 15.3. The van der Waals surface area contributed by atoms with Gasteiger partial charge in [-0.15, -0.1) is 0 Å². The van der Waals surface area contributed by atoms with E-state index in [1.165, 1.54) is 0 Å². The van der Waals surface area contributed by atoms with E-state index in [2.05, 4.69) is 294 Å². The highest BCUT2D eigenvalue weighted by Crippen LogP contribution is 2.74. The highest BCUT2D eigenvalue weighted by Gasteiger charge is 2.75. The van der Waals surface area contributed by atoms with E-state index in [-0.39, 0.29) is -0.266 Å². The molecule has 0 aromatic rings. The van der Waals surface area contributed by atoms with Crippen molar-refractivity contribution < 1.29 is 5.11 Å². The lowest BCUT2D eigenvalue weighted by molar-refractivity contribution is 0.0791. The minimum atomic E-state index is -0.924. The number of halogens is 13. The van der Waals surface area contributed by atoms with Gasteiger partial charge in [0, 0.05) is 0 Å². The Hall–Kier alpha value is 9.45. The fourth-order valence-corrected chi connectivity index (χ4v) is 24.1. The van der Waals surface area contributed by atoms with Crippen molar-refractivity contribution in [1.82, 2.24) is 0 Å². The van der Waals surface area contributed by atoms with E-state index in [0.29, 0.717) is 0 Å². The van der Waals surface area contributed by atoms with E-state index in [1.807, 2.05) is 0 Å².